The van der Waals surface area contributed by atoms with Gasteiger partial charge < -0.3 is 0 Å². The minimum atomic E-state index is -10.7. The second kappa shape index (κ2) is 7.90. The third-order valence-corrected chi connectivity index (χ3v) is 9.98. The van der Waals surface area contributed by atoms with Crippen molar-refractivity contribution in [2.24, 2.45) is 0 Å². The summed E-state index contributed by atoms with van der Waals surface area (Å²) in [6.45, 7) is 2.34. The van der Waals surface area contributed by atoms with Crippen LogP contribution in [0.25, 0.3) is 0 Å². The predicted octanol–water partition coefficient (Wildman–Crippen LogP) is 8.74. The summed E-state index contributed by atoms with van der Waals surface area (Å²) >= 11 is 0. The SMILES string of the molecule is CCC1C[P+](c2ccccc2)(c2ccccc2)Cc2ccccc21.F[P-](F)(F)(F)(F)F. The molecule has 31 heavy (non-hydrogen) atoms. The Bertz CT molecular complexity index is 968. The van der Waals surface area contributed by atoms with E-state index in [4.69, 9.17) is 0 Å². The number of fused-ring (bicyclic) bond motifs is 1. The van der Waals surface area contributed by atoms with Crippen LogP contribution in [0.4, 0.5) is 25.2 Å². The molecule has 8 heteroatoms. The van der Waals surface area contributed by atoms with Gasteiger partial charge in [0.25, 0.3) is 0 Å². The predicted molar refractivity (Wildman–Crippen MR) is 121 cm³/mol. The second-order valence-corrected chi connectivity index (χ2v) is 13.3. The Hall–Kier alpha value is -1.90. The number of hydrogen-bond acceptors (Lipinski definition) is 0. The second-order valence-electron chi connectivity index (χ2n) is 7.74. The van der Waals surface area contributed by atoms with Crippen molar-refractivity contribution in [3.63, 3.8) is 0 Å². The Kier molecular flexibility index (Phi) is 6.06. The van der Waals surface area contributed by atoms with Crippen molar-refractivity contribution in [3.05, 3.63) is 96.1 Å². The molecule has 0 nitrogen and oxygen atoms in total. The number of rotatable bonds is 3. The third-order valence-electron chi connectivity index (χ3n) is 5.46. The fraction of sp³-hybridized carbons (Fsp3) is 0.217. The fourth-order valence-electron chi connectivity index (χ4n) is 4.22. The van der Waals surface area contributed by atoms with Crippen molar-refractivity contribution < 1.29 is 25.2 Å². The average molecular weight is 476 g/mol. The molecule has 0 saturated heterocycles. The van der Waals surface area contributed by atoms with Crippen LogP contribution in [-0.4, -0.2) is 6.16 Å². The molecular formula is C23H24F6P2. The first kappa shape index (κ1) is 23.8. The summed E-state index contributed by atoms with van der Waals surface area (Å²) in [5, 5.41) is 3.12. The van der Waals surface area contributed by atoms with Crippen LogP contribution in [0.2, 0.25) is 0 Å². The van der Waals surface area contributed by atoms with Crippen LogP contribution in [0.15, 0.2) is 84.9 Å². The van der Waals surface area contributed by atoms with Gasteiger partial charge in [0.1, 0.15) is 0 Å². The maximum absolute atomic E-state index is 10.7. The van der Waals surface area contributed by atoms with Gasteiger partial charge in [0.2, 0.25) is 0 Å². The van der Waals surface area contributed by atoms with Gasteiger partial charge in [-0.2, -0.15) is 0 Å². The van der Waals surface area contributed by atoms with Gasteiger partial charge in [-0.15, -0.1) is 0 Å². The van der Waals surface area contributed by atoms with E-state index in [9.17, 15) is 25.2 Å². The molecule has 0 aliphatic carbocycles. The molecule has 4 rings (SSSR count). The normalized spacial score (nSPS) is 19.8. The van der Waals surface area contributed by atoms with Crippen LogP contribution in [0.5, 0.6) is 0 Å². The Morgan fingerprint density at radius 1 is 0.710 bits per heavy atom. The molecule has 1 aliphatic heterocycles. The van der Waals surface area contributed by atoms with E-state index in [1.807, 2.05) is 0 Å². The summed E-state index contributed by atoms with van der Waals surface area (Å²) in [7, 11) is -12.1. The van der Waals surface area contributed by atoms with Gasteiger partial charge in [0, 0.05) is 5.92 Å². The standard InChI is InChI=1S/C23H24P.F6P/c1-2-19-17-24(21-12-5-3-6-13-21,22-14-7-4-8-15-22)18-20-11-9-10-16-23(19)20;1-7(2,3,4,5)6/h3-16,19H,2,17-18H2,1H3;/q+1;-1. The first-order valence-electron chi connectivity index (χ1n) is 9.91. The number of benzene rings is 3. The molecule has 0 bridgehead atoms. The molecule has 0 fully saturated rings. The van der Waals surface area contributed by atoms with Crippen LogP contribution < -0.4 is 10.6 Å². The Balaban J connectivity index is 0.000000339. The van der Waals surface area contributed by atoms with Crippen molar-refractivity contribution in [2.45, 2.75) is 25.4 Å². The van der Waals surface area contributed by atoms with Crippen molar-refractivity contribution in [3.8, 4) is 0 Å². The molecule has 0 saturated carbocycles. The van der Waals surface area contributed by atoms with E-state index in [0.717, 1.165) is 0 Å². The molecule has 1 heterocycles. The van der Waals surface area contributed by atoms with Crippen LogP contribution in [0.3, 0.4) is 0 Å². The van der Waals surface area contributed by atoms with Gasteiger partial charge >= 0.3 is 33.0 Å². The van der Waals surface area contributed by atoms with E-state index in [1.54, 1.807) is 21.7 Å². The molecule has 168 valence electrons. The van der Waals surface area contributed by atoms with Gasteiger partial charge in [-0.05, 0) is 41.8 Å². The average Bonchev–Trinajstić information content (AvgIpc) is 2.72. The van der Waals surface area contributed by atoms with Crippen molar-refractivity contribution in [1.29, 1.82) is 0 Å². The topological polar surface area (TPSA) is 0 Å². The fourth-order valence-corrected chi connectivity index (χ4v) is 9.00. The van der Waals surface area contributed by atoms with Gasteiger partial charge in [0.05, 0.1) is 30.2 Å². The van der Waals surface area contributed by atoms with E-state index < -0.39 is 15.1 Å². The Morgan fingerprint density at radius 3 is 1.58 bits per heavy atom. The number of halogens is 6. The molecule has 3 aromatic carbocycles. The zero-order chi connectivity index (χ0) is 22.8. The van der Waals surface area contributed by atoms with E-state index in [0.29, 0.717) is 5.92 Å². The molecule has 0 amide bonds. The van der Waals surface area contributed by atoms with Crippen molar-refractivity contribution >= 4 is 25.7 Å². The van der Waals surface area contributed by atoms with Crippen LogP contribution >= 0.6 is 15.1 Å². The van der Waals surface area contributed by atoms with Gasteiger partial charge in [-0.1, -0.05) is 67.6 Å². The molecule has 3 aromatic rings. The van der Waals surface area contributed by atoms with Crippen molar-refractivity contribution in [1.82, 2.24) is 0 Å². The zero-order valence-corrected chi connectivity index (χ0v) is 18.7. The first-order valence-corrected chi connectivity index (χ1v) is 14.1. The van der Waals surface area contributed by atoms with Crippen LogP contribution in [0.1, 0.15) is 30.4 Å². The first-order chi connectivity index (χ1) is 14.3. The summed E-state index contributed by atoms with van der Waals surface area (Å²) in [6.07, 6.45) is 3.72. The summed E-state index contributed by atoms with van der Waals surface area (Å²) in [5.74, 6) is 0.670. The van der Waals surface area contributed by atoms with E-state index >= 15 is 0 Å². The van der Waals surface area contributed by atoms with Crippen LogP contribution in [0, 0.1) is 0 Å². The summed E-state index contributed by atoms with van der Waals surface area (Å²) < 4.78 is 59.2. The van der Waals surface area contributed by atoms with Gasteiger partial charge in [0.15, 0.2) is 0 Å². The monoisotopic (exact) mass is 476 g/mol. The number of hydrogen-bond donors (Lipinski definition) is 0. The maximum atomic E-state index is 9.87. The molecule has 0 aromatic heterocycles. The molecule has 0 N–H and O–H groups in total. The molecule has 0 radical (unpaired) electrons. The Morgan fingerprint density at radius 2 is 1.13 bits per heavy atom. The minimum absolute atomic E-state index is 0.670. The summed E-state index contributed by atoms with van der Waals surface area (Å²) in [5.41, 5.74) is 3.15. The van der Waals surface area contributed by atoms with Crippen molar-refractivity contribution in [2.75, 3.05) is 6.16 Å². The van der Waals surface area contributed by atoms with E-state index in [2.05, 4.69) is 91.9 Å². The summed E-state index contributed by atoms with van der Waals surface area (Å²) in [4.78, 5) is 0. The quantitative estimate of drug-likeness (QED) is 0.262. The zero-order valence-electron chi connectivity index (χ0n) is 16.9. The molecule has 0 spiro atoms. The van der Waals surface area contributed by atoms with Crippen LogP contribution in [-0.2, 0) is 6.16 Å². The molecule has 1 aliphatic rings. The van der Waals surface area contributed by atoms with E-state index in [-0.39, 0.29) is 0 Å². The Labute approximate surface area is 178 Å². The van der Waals surface area contributed by atoms with Gasteiger partial charge in [-0.25, -0.2) is 0 Å². The molecule has 1 atom stereocenters. The van der Waals surface area contributed by atoms with Gasteiger partial charge in [-0.3, -0.25) is 0 Å². The molecular weight excluding hydrogens is 452 g/mol. The molecule has 1 unspecified atom stereocenters. The summed E-state index contributed by atoms with van der Waals surface area (Å²) in [6, 6.07) is 31.7. The third kappa shape index (κ3) is 6.79. The van der Waals surface area contributed by atoms with E-state index in [1.165, 1.54) is 18.7 Å².